The molecule has 1 fully saturated rings. The molecule has 138 valence electrons. The maximum atomic E-state index is 13.3. The number of nitrogens with zero attached hydrogens (tertiary/aromatic N) is 2. The normalized spacial score (nSPS) is 18.3. The molecule has 1 atom stereocenters. The highest BCUT2D eigenvalue weighted by Gasteiger charge is 2.52. The molecule has 1 unspecified atom stereocenters. The van der Waals surface area contributed by atoms with Crippen LogP contribution in [-0.4, -0.2) is 35.7 Å². The zero-order valence-electron chi connectivity index (χ0n) is 16.1. The Bertz CT molecular complexity index is 574. The fourth-order valence-electron chi connectivity index (χ4n) is 4.24. The van der Waals surface area contributed by atoms with Gasteiger partial charge in [0.2, 0.25) is 5.91 Å². The molecule has 0 saturated carbocycles. The summed E-state index contributed by atoms with van der Waals surface area (Å²) in [6.45, 7) is 8.90. The van der Waals surface area contributed by atoms with Crippen molar-refractivity contribution in [1.82, 2.24) is 9.47 Å². The summed E-state index contributed by atoms with van der Waals surface area (Å²) in [5.74, 6) is 0.0305. The quantitative estimate of drug-likeness (QED) is 0.458. The number of urea groups is 1. The smallest absolute Gasteiger partial charge is 0.309 e. The van der Waals surface area contributed by atoms with E-state index < -0.39 is 8.24 Å². The fraction of sp³-hybridized carbons (Fsp3) is 0.600. The van der Waals surface area contributed by atoms with Crippen molar-refractivity contribution in [1.29, 1.82) is 0 Å². The van der Waals surface area contributed by atoms with E-state index in [-0.39, 0.29) is 18.0 Å². The van der Waals surface area contributed by atoms with Crippen LogP contribution in [0.1, 0.15) is 52.5 Å². The Morgan fingerprint density at radius 3 is 1.92 bits per heavy atom. The van der Waals surface area contributed by atoms with Crippen LogP contribution in [0.15, 0.2) is 30.3 Å². The summed E-state index contributed by atoms with van der Waals surface area (Å²) >= 11 is 0. The second kappa shape index (κ2) is 8.65. The van der Waals surface area contributed by atoms with Gasteiger partial charge in [0.1, 0.15) is 6.04 Å². The van der Waals surface area contributed by atoms with Gasteiger partial charge in [-0.2, -0.15) is 0 Å². The largest absolute Gasteiger partial charge is 0.319 e. The van der Waals surface area contributed by atoms with Crippen LogP contribution in [0.2, 0.25) is 18.1 Å². The maximum absolute atomic E-state index is 13.3. The van der Waals surface area contributed by atoms with Crippen LogP contribution in [0.25, 0.3) is 0 Å². The lowest BCUT2D eigenvalue weighted by molar-refractivity contribution is -0.125. The van der Waals surface area contributed by atoms with Crippen molar-refractivity contribution >= 4 is 20.2 Å². The number of carbonyl (C=O) groups excluding carboxylic acids is 2. The molecule has 5 heteroatoms. The van der Waals surface area contributed by atoms with Gasteiger partial charge >= 0.3 is 6.03 Å². The molecule has 2 rings (SSSR count). The lowest BCUT2D eigenvalue weighted by Gasteiger charge is -2.38. The highest BCUT2D eigenvalue weighted by atomic mass is 28.3. The van der Waals surface area contributed by atoms with Crippen molar-refractivity contribution in [3.05, 3.63) is 35.9 Å². The third kappa shape index (κ3) is 3.97. The van der Waals surface area contributed by atoms with Gasteiger partial charge in [-0.05, 0) is 30.6 Å². The number of hydrogen-bond donors (Lipinski definition) is 0. The van der Waals surface area contributed by atoms with Gasteiger partial charge in [0.25, 0.3) is 0 Å². The summed E-state index contributed by atoms with van der Waals surface area (Å²) in [6, 6.07) is 12.6. The molecular weight excluding hydrogens is 328 g/mol. The zero-order chi connectivity index (χ0) is 18.4. The first kappa shape index (κ1) is 19.7. The maximum Gasteiger partial charge on any atom is 0.319 e. The van der Waals surface area contributed by atoms with Crippen molar-refractivity contribution in [3.8, 4) is 0 Å². The number of hydrogen-bond acceptors (Lipinski definition) is 2. The van der Waals surface area contributed by atoms with Gasteiger partial charge in [-0.25, -0.2) is 4.79 Å². The van der Waals surface area contributed by atoms with Crippen LogP contribution in [-0.2, 0) is 11.3 Å². The van der Waals surface area contributed by atoms with E-state index in [0.29, 0.717) is 6.54 Å². The van der Waals surface area contributed by atoms with Crippen LogP contribution < -0.4 is 0 Å². The molecule has 25 heavy (non-hydrogen) atoms. The molecule has 0 radical (unpaired) electrons. The standard InChI is InChI=1S/C20H32N2O2Si/c1-5-13-25(14-6-2,15-7-3)22-19(23)17(4)21(20(22)24)16-18-11-9-8-10-12-18/h8-12,17H,5-7,13-16H2,1-4H3. The van der Waals surface area contributed by atoms with Gasteiger partial charge < -0.3 is 4.90 Å². The predicted octanol–water partition coefficient (Wildman–Crippen LogP) is 5.01. The van der Waals surface area contributed by atoms with E-state index in [0.717, 1.165) is 43.0 Å². The molecule has 1 heterocycles. The summed E-state index contributed by atoms with van der Waals surface area (Å²) in [7, 11) is -2.10. The molecule has 0 bridgehead atoms. The Hall–Kier alpha value is -1.62. The minimum Gasteiger partial charge on any atom is -0.309 e. The lowest BCUT2D eigenvalue weighted by Crippen LogP contribution is -2.56. The van der Waals surface area contributed by atoms with Gasteiger partial charge in [0, 0.05) is 6.54 Å². The molecule has 1 saturated heterocycles. The Balaban J connectivity index is 2.33. The Kier molecular flexibility index (Phi) is 6.82. The monoisotopic (exact) mass is 360 g/mol. The van der Waals surface area contributed by atoms with Crippen molar-refractivity contribution in [2.24, 2.45) is 0 Å². The Labute approximate surface area is 153 Å². The molecule has 0 spiro atoms. The molecule has 3 amide bonds. The first-order valence-corrected chi connectivity index (χ1v) is 12.3. The van der Waals surface area contributed by atoms with E-state index in [9.17, 15) is 9.59 Å². The lowest BCUT2D eigenvalue weighted by atomic mass is 10.2. The first-order valence-electron chi connectivity index (χ1n) is 9.69. The van der Waals surface area contributed by atoms with Crippen LogP contribution >= 0.6 is 0 Å². The second-order valence-corrected chi connectivity index (χ2v) is 11.6. The predicted molar refractivity (Wildman–Crippen MR) is 105 cm³/mol. The Morgan fingerprint density at radius 2 is 1.44 bits per heavy atom. The van der Waals surface area contributed by atoms with E-state index >= 15 is 0 Å². The SMILES string of the molecule is CCC[Si](CCC)(CCC)N1C(=O)C(C)N(Cc2ccccc2)C1=O. The highest BCUT2D eigenvalue weighted by Crippen LogP contribution is 2.35. The molecule has 0 aliphatic carbocycles. The summed E-state index contributed by atoms with van der Waals surface area (Å²) in [4.78, 5) is 28.1. The van der Waals surface area contributed by atoms with Crippen LogP contribution in [0, 0.1) is 0 Å². The average Bonchev–Trinajstić information content (AvgIpc) is 2.80. The second-order valence-electron chi connectivity index (χ2n) is 7.22. The fourth-order valence-corrected chi connectivity index (χ4v) is 9.64. The van der Waals surface area contributed by atoms with Crippen LogP contribution in [0.3, 0.4) is 0 Å². The molecule has 4 nitrogen and oxygen atoms in total. The van der Waals surface area contributed by atoms with E-state index in [2.05, 4.69) is 20.8 Å². The minimum atomic E-state index is -2.10. The van der Waals surface area contributed by atoms with Gasteiger partial charge in [0.05, 0.1) is 0 Å². The number of carbonyl (C=O) groups is 2. The summed E-state index contributed by atoms with van der Waals surface area (Å²) < 4.78 is 1.76. The van der Waals surface area contributed by atoms with Crippen LogP contribution in [0.4, 0.5) is 4.79 Å². The summed E-state index contributed by atoms with van der Waals surface area (Å²) in [6.07, 6.45) is 3.11. The van der Waals surface area contributed by atoms with Gasteiger partial charge in [-0.3, -0.25) is 9.36 Å². The topological polar surface area (TPSA) is 40.6 Å². The van der Waals surface area contributed by atoms with Crippen molar-refractivity contribution in [2.45, 2.75) is 77.7 Å². The zero-order valence-corrected chi connectivity index (χ0v) is 17.1. The summed E-state index contributed by atoms with van der Waals surface area (Å²) in [5, 5.41) is 0. The highest BCUT2D eigenvalue weighted by molar-refractivity contribution is 6.81. The van der Waals surface area contributed by atoms with E-state index in [1.807, 2.05) is 37.3 Å². The first-order chi connectivity index (χ1) is 12.0. The Morgan fingerprint density at radius 1 is 0.920 bits per heavy atom. The van der Waals surface area contributed by atoms with Gasteiger partial charge in [0.15, 0.2) is 8.24 Å². The number of amides is 3. The number of imide groups is 1. The minimum absolute atomic E-state index is 0.0305. The van der Waals surface area contributed by atoms with Gasteiger partial charge in [-0.1, -0.05) is 70.4 Å². The molecule has 0 N–H and O–H groups in total. The van der Waals surface area contributed by atoms with E-state index in [1.165, 1.54) is 0 Å². The van der Waals surface area contributed by atoms with E-state index in [4.69, 9.17) is 0 Å². The number of rotatable bonds is 9. The molecule has 1 aliphatic heterocycles. The average molecular weight is 361 g/mol. The molecular formula is C20H32N2O2Si. The van der Waals surface area contributed by atoms with Crippen molar-refractivity contribution in [3.63, 3.8) is 0 Å². The third-order valence-corrected chi connectivity index (χ3v) is 11.0. The molecule has 1 aromatic carbocycles. The van der Waals surface area contributed by atoms with E-state index in [1.54, 1.807) is 9.47 Å². The van der Waals surface area contributed by atoms with Crippen molar-refractivity contribution < 1.29 is 9.59 Å². The molecule has 1 aliphatic rings. The summed E-state index contributed by atoms with van der Waals surface area (Å²) in [5.41, 5.74) is 1.08. The third-order valence-electron chi connectivity index (χ3n) is 5.30. The van der Waals surface area contributed by atoms with Crippen LogP contribution in [0.5, 0.6) is 0 Å². The van der Waals surface area contributed by atoms with Crippen molar-refractivity contribution in [2.75, 3.05) is 0 Å². The van der Waals surface area contributed by atoms with Gasteiger partial charge in [-0.15, -0.1) is 0 Å². The molecule has 0 aromatic heterocycles. The number of benzene rings is 1. The molecule has 1 aromatic rings.